The summed E-state index contributed by atoms with van der Waals surface area (Å²) >= 11 is 0. The summed E-state index contributed by atoms with van der Waals surface area (Å²) in [5, 5.41) is 3.15. The molecule has 0 spiro atoms. The van der Waals surface area contributed by atoms with Crippen LogP contribution in [0.2, 0.25) is 0 Å². The number of nitrogens with one attached hydrogen (secondary N) is 1. The van der Waals surface area contributed by atoms with Crippen LogP contribution < -0.4 is 10.7 Å². The van der Waals surface area contributed by atoms with Crippen LogP contribution in [0.15, 0.2) is 16.9 Å². The van der Waals surface area contributed by atoms with Gasteiger partial charge < -0.3 is 9.88 Å². The third-order valence-corrected chi connectivity index (χ3v) is 6.20. The van der Waals surface area contributed by atoms with Crippen LogP contribution in [0.3, 0.4) is 0 Å². The van der Waals surface area contributed by atoms with E-state index in [0.29, 0.717) is 11.1 Å². The minimum atomic E-state index is -0.280. The standard InChI is InChI=1S/C26H38N2O2/c1-8-12-14-22-23(25(29)17(5)18(6)28(22)7)26(30)27-24-20(10-3)15-19(13-9-2)16-21(24)11-4/h15-16H,8-14H2,1-7H3,(H,27,30). The second kappa shape index (κ2) is 10.6. The highest BCUT2D eigenvalue weighted by Crippen LogP contribution is 2.27. The Morgan fingerprint density at radius 2 is 1.57 bits per heavy atom. The van der Waals surface area contributed by atoms with Gasteiger partial charge in [-0.3, -0.25) is 9.59 Å². The molecule has 2 aromatic rings. The van der Waals surface area contributed by atoms with Crippen LogP contribution in [0.4, 0.5) is 5.69 Å². The largest absolute Gasteiger partial charge is 0.351 e. The number of benzene rings is 1. The lowest BCUT2D eigenvalue weighted by molar-refractivity contribution is 0.102. The highest BCUT2D eigenvalue weighted by molar-refractivity contribution is 6.06. The van der Waals surface area contributed by atoms with Crippen LogP contribution in [-0.4, -0.2) is 10.5 Å². The van der Waals surface area contributed by atoms with Gasteiger partial charge in [-0.15, -0.1) is 0 Å². The fourth-order valence-electron chi connectivity index (χ4n) is 4.14. The van der Waals surface area contributed by atoms with E-state index in [9.17, 15) is 9.59 Å². The molecule has 1 aromatic carbocycles. The number of amides is 1. The van der Waals surface area contributed by atoms with Crippen molar-refractivity contribution in [3.8, 4) is 0 Å². The number of unbranched alkanes of at least 4 members (excludes halogenated alkanes) is 1. The molecule has 1 amide bonds. The van der Waals surface area contributed by atoms with E-state index >= 15 is 0 Å². The smallest absolute Gasteiger partial charge is 0.261 e. The number of carbonyl (C=O) groups excluding carboxylic acids is 1. The lowest BCUT2D eigenvalue weighted by Crippen LogP contribution is -2.30. The van der Waals surface area contributed by atoms with Crippen LogP contribution in [0.25, 0.3) is 0 Å². The molecule has 1 N–H and O–H groups in total. The number of aryl methyl sites for hydroxylation is 3. The Kier molecular flexibility index (Phi) is 8.45. The number of rotatable bonds is 9. The van der Waals surface area contributed by atoms with E-state index in [4.69, 9.17) is 0 Å². The summed E-state index contributed by atoms with van der Waals surface area (Å²) in [5.41, 5.74) is 7.04. The molecule has 0 aliphatic carbocycles. The Balaban J connectivity index is 2.59. The second-order valence-corrected chi connectivity index (χ2v) is 8.22. The van der Waals surface area contributed by atoms with Crippen molar-refractivity contribution in [3.05, 3.63) is 61.6 Å². The number of hydrogen-bond donors (Lipinski definition) is 1. The van der Waals surface area contributed by atoms with Crippen LogP contribution in [0, 0.1) is 13.8 Å². The maximum atomic E-state index is 13.5. The summed E-state index contributed by atoms with van der Waals surface area (Å²) in [6.07, 6.45) is 6.50. The third kappa shape index (κ3) is 4.85. The molecule has 0 saturated carbocycles. The van der Waals surface area contributed by atoms with E-state index < -0.39 is 0 Å². The van der Waals surface area contributed by atoms with Crippen LogP contribution >= 0.6 is 0 Å². The van der Waals surface area contributed by atoms with E-state index in [2.05, 4.69) is 45.1 Å². The fraction of sp³-hybridized carbons (Fsp3) is 0.538. The Labute approximate surface area is 181 Å². The number of pyridine rings is 1. The molecule has 0 bridgehead atoms. The molecule has 0 fully saturated rings. The lowest BCUT2D eigenvalue weighted by atomic mass is 9.96. The zero-order valence-corrected chi connectivity index (χ0v) is 19.9. The number of carbonyl (C=O) groups is 1. The predicted octanol–water partition coefficient (Wildman–Crippen LogP) is 5.67. The molecular weight excluding hydrogens is 372 g/mol. The average Bonchev–Trinajstić information content (AvgIpc) is 2.74. The Bertz CT molecular complexity index is 945. The SMILES string of the molecule is CCCCc1c(C(=O)Nc2c(CC)cc(CCC)cc2CC)c(=O)c(C)c(C)n1C. The first-order chi connectivity index (χ1) is 14.3. The zero-order chi connectivity index (χ0) is 22.4. The molecule has 0 aliphatic heterocycles. The van der Waals surface area contributed by atoms with Gasteiger partial charge in [-0.1, -0.05) is 52.7 Å². The molecule has 4 nitrogen and oxygen atoms in total. The first kappa shape index (κ1) is 23.9. The molecule has 1 aromatic heterocycles. The van der Waals surface area contributed by atoms with Crippen molar-refractivity contribution in [1.29, 1.82) is 0 Å². The summed E-state index contributed by atoms with van der Waals surface area (Å²) in [7, 11) is 1.96. The van der Waals surface area contributed by atoms with Gasteiger partial charge in [0.2, 0.25) is 0 Å². The Morgan fingerprint density at radius 3 is 2.07 bits per heavy atom. The molecule has 0 radical (unpaired) electrons. The van der Waals surface area contributed by atoms with Gasteiger partial charge in [0.1, 0.15) is 5.56 Å². The van der Waals surface area contributed by atoms with Crippen molar-refractivity contribution in [2.45, 2.75) is 86.5 Å². The summed E-state index contributed by atoms with van der Waals surface area (Å²) in [6, 6.07) is 4.41. The van der Waals surface area contributed by atoms with Crippen LogP contribution in [0.5, 0.6) is 0 Å². The van der Waals surface area contributed by atoms with Gasteiger partial charge in [-0.2, -0.15) is 0 Å². The van der Waals surface area contributed by atoms with Crippen molar-refractivity contribution in [3.63, 3.8) is 0 Å². The molecule has 30 heavy (non-hydrogen) atoms. The van der Waals surface area contributed by atoms with Gasteiger partial charge in [0.05, 0.1) is 0 Å². The third-order valence-electron chi connectivity index (χ3n) is 6.20. The molecule has 0 saturated heterocycles. The molecular formula is C26H38N2O2. The maximum Gasteiger partial charge on any atom is 0.261 e. The van der Waals surface area contributed by atoms with Crippen LogP contribution in [0.1, 0.15) is 91.0 Å². The van der Waals surface area contributed by atoms with Crippen LogP contribution in [-0.2, 0) is 32.7 Å². The number of aromatic nitrogens is 1. The first-order valence-electron chi connectivity index (χ1n) is 11.5. The normalized spacial score (nSPS) is 11.0. The molecule has 0 aliphatic rings. The summed E-state index contributed by atoms with van der Waals surface area (Å²) in [5.74, 6) is -0.280. The van der Waals surface area contributed by atoms with Gasteiger partial charge in [0.25, 0.3) is 5.91 Å². The molecule has 0 atom stereocenters. The number of anilines is 1. The zero-order valence-electron chi connectivity index (χ0n) is 19.9. The lowest BCUT2D eigenvalue weighted by Gasteiger charge is -2.20. The Morgan fingerprint density at radius 1 is 0.967 bits per heavy atom. The van der Waals surface area contributed by atoms with Crippen molar-refractivity contribution in [1.82, 2.24) is 4.57 Å². The van der Waals surface area contributed by atoms with Gasteiger partial charge in [0, 0.05) is 29.7 Å². The van der Waals surface area contributed by atoms with E-state index in [1.54, 1.807) is 0 Å². The predicted molar refractivity (Wildman–Crippen MR) is 127 cm³/mol. The molecule has 2 rings (SSSR count). The number of hydrogen-bond acceptors (Lipinski definition) is 2. The van der Waals surface area contributed by atoms with E-state index in [1.807, 2.05) is 25.5 Å². The quantitative estimate of drug-likeness (QED) is 0.579. The van der Waals surface area contributed by atoms with E-state index in [1.165, 1.54) is 5.56 Å². The van der Waals surface area contributed by atoms with Crippen molar-refractivity contribution < 1.29 is 4.79 Å². The van der Waals surface area contributed by atoms with Gasteiger partial charge >= 0.3 is 0 Å². The second-order valence-electron chi connectivity index (χ2n) is 8.22. The van der Waals surface area contributed by atoms with Gasteiger partial charge in [-0.25, -0.2) is 0 Å². The molecule has 164 valence electrons. The maximum absolute atomic E-state index is 13.5. The van der Waals surface area contributed by atoms with E-state index in [-0.39, 0.29) is 11.3 Å². The fourth-order valence-corrected chi connectivity index (χ4v) is 4.14. The Hall–Kier alpha value is -2.36. The molecule has 1 heterocycles. The van der Waals surface area contributed by atoms with Crippen molar-refractivity contribution >= 4 is 11.6 Å². The summed E-state index contributed by atoms with van der Waals surface area (Å²) in [6.45, 7) is 12.3. The molecule has 0 unspecified atom stereocenters. The topological polar surface area (TPSA) is 51.1 Å². The monoisotopic (exact) mass is 410 g/mol. The van der Waals surface area contributed by atoms with Crippen molar-refractivity contribution in [2.75, 3.05) is 5.32 Å². The van der Waals surface area contributed by atoms with E-state index in [0.717, 1.165) is 73.1 Å². The highest BCUT2D eigenvalue weighted by Gasteiger charge is 2.23. The molecule has 4 heteroatoms. The average molecular weight is 411 g/mol. The number of nitrogens with zero attached hydrogens (tertiary/aromatic N) is 1. The summed E-state index contributed by atoms with van der Waals surface area (Å²) in [4.78, 5) is 26.6. The van der Waals surface area contributed by atoms with Crippen molar-refractivity contribution in [2.24, 2.45) is 7.05 Å². The van der Waals surface area contributed by atoms with Gasteiger partial charge in [-0.05, 0) is 62.6 Å². The first-order valence-corrected chi connectivity index (χ1v) is 11.5. The minimum Gasteiger partial charge on any atom is -0.351 e. The minimum absolute atomic E-state index is 0.145. The summed E-state index contributed by atoms with van der Waals surface area (Å²) < 4.78 is 2.02. The highest BCUT2D eigenvalue weighted by atomic mass is 16.2. The van der Waals surface area contributed by atoms with Gasteiger partial charge in [0.15, 0.2) is 5.43 Å².